The lowest BCUT2D eigenvalue weighted by molar-refractivity contribution is 0.133. The molecule has 134 valence electrons. The van der Waals surface area contributed by atoms with Gasteiger partial charge in [0.15, 0.2) is 13.5 Å². The number of rotatable bonds is 7. The van der Waals surface area contributed by atoms with Gasteiger partial charge in [0, 0.05) is 28.7 Å². The highest BCUT2D eigenvalue weighted by Crippen LogP contribution is 2.39. The third-order valence-corrected chi connectivity index (χ3v) is 9.67. The minimum absolute atomic E-state index is 0.0657. The lowest BCUT2D eigenvalue weighted by atomic mass is 9.85. The van der Waals surface area contributed by atoms with Gasteiger partial charge in [0.25, 0.3) is 0 Å². The number of hydrogen-bond donors (Lipinski definition) is 1. The zero-order chi connectivity index (χ0) is 18.6. The third kappa shape index (κ3) is 4.70. The second kappa shape index (κ2) is 7.84. The normalized spacial score (nSPS) is 14.8. The zero-order valence-corrected chi connectivity index (χ0v) is 17.3. The first-order valence-corrected chi connectivity index (χ1v) is 11.9. The SMILES string of the molecule is CSc1ncc(C(C)(CO)CO[Si](C)(C)C(C)(C)C)c(N=[N+]=[N-])n1. The Bertz CT molecular complexity index is 629. The molecule has 1 N–H and O–H groups in total. The summed E-state index contributed by atoms with van der Waals surface area (Å²) in [6.07, 6.45) is 3.47. The van der Waals surface area contributed by atoms with Crippen molar-refractivity contribution in [3.05, 3.63) is 22.2 Å². The van der Waals surface area contributed by atoms with E-state index in [1.807, 2.05) is 13.2 Å². The smallest absolute Gasteiger partial charge is 0.192 e. The van der Waals surface area contributed by atoms with E-state index < -0.39 is 13.7 Å². The fourth-order valence-corrected chi connectivity index (χ4v) is 3.21. The van der Waals surface area contributed by atoms with E-state index in [0.29, 0.717) is 17.3 Å². The average molecular weight is 370 g/mol. The first-order chi connectivity index (χ1) is 11.0. The van der Waals surface area contributed by atoms with Gasteiger partial charge in [-0.2, -0.15) is 0 Å². The molecule has 0 saturated carbocycles. The first-order valence-electron chi connectivity index (χ1n) is 7.72. The average Bonchev–Trinajstić information content (AvgIpc) is 2.52. The zero-order valence-electron chi connectivity index (χ0n) is 15.5. The number of thioether (sulfide) groups is 1. The molecule has 0 aliphatic rings. The van der Waals surface area contributed by atoms with Crippen LogP contribution >= 0.6 is 11.8 Å². The molecule has 0 aromatic carbocycles. The summed E-state index contributed by atoms with van der Waals surface area (Å²) in [7, 11) is -1.98. The molecule has 1 aromatic rings. The number of aliphatic hydroxyl groups excluding tert-OH is 1. The highest BCUT2D eigenvalue weighted by Gasteiger charge is 2.40. The molecule has 1 heterocycles. The highest BCUT2D eigenvalue weighted by molar-refractivity contribution is 7.98. The largest absolute Gasteiger partial charge is 0.416 e. The molecule has 0 bridgehead atoms. The Morgan fingerprint density at radius 3 is 2.46 bits per heavy atom. The molecule has 9 heteroatoms. The molecule has 0 aliphatic carbocycles. The summed E-state index contributed by atoms with van der Waals surface area (Å²) in [5.41, 5.74) is 8.67. The molecule has 24 heavy (non-hydrogen) atoms. The summed E-state index contributed by atoms with van der Waals surface area (Å²) in [4.78, 5) is 11.4. The van der Waals surface area contributed by atoms with Crippen LogP contribution in [0.4, 0.5) is 5.82 Å². The lowest BCUT2D eigenvalue weighted by Gasteiger charge is -2.39. The van der Waals surface area contributed by atoms with Gasteiger partial charge >= 0.3 is 0 Å². The number of azide groups is 1. The summed E-state index contributed by atoms with van der Waals surface area (Å²) < 4.78 is 6.28. The Kier molecular flexibility index (Phi) is 6.83. The Morgan fingerprint density at radius 1 is 1.38 bits per heavy atom. The van der Waals surface area contributed by atoms with Crippen LogP contribution in [0.2, 0.25) is 18.1 Å². The van der Waals surface area contributed by atoms with Crippen molar-refractivity contribution < 1.29 is 9.53 Å². The van der Waals surface area contributed by atoms with Crippen molar-refractivity contribution in [1.29, 1.82) is 0 Å². The number of nitrogens with zero attached hydrogens (tertiary/aromatic N) is 5. The molecular formula is C15H27N5O2SSi. The van der Waals surface area contributed by atoms with Crippen LogP contribution < -0.4 is 0 Å². The van der Waals surface area contributed by atoms with Crippen molar-refractivity contribution in [2.75, 3.05) is 19.5 Å². The van der Waals surface area contributed by atoms with Gasteiger partial charge in [-0.15, -0.1) is 0 Å². The van der Waals surface area contributed by atoms with Crippen molar-refractivity contribution in [2.45, 2.75) is 56.4 Å². The minimum Gasteiger partial charge on any atom is -0.416 e. The minimum atomic E-state index is -1.98. The maximum atomic E-state index is 10.00. The van der Waals surface area contributed by atoms with Crippen molar-refractivity contribution in [2.24, 2.45) is 5.11 Å². The Labute approximate surface area is 149 Å². The predicted molar refractivity (Wildman–Crippen MR) is 100 cm³/mol. The monoisotopic (exact) mass is 369 g/mol. The van der Waals surface area contributed by atoms with Crippen LogP contribution in [0.1, 0.15) is 33.3 Å². The second-order valence-corrected chi connectivity index (χ2v) is 13.1. The van der Waals surface area contributed by atoms with E-state index in [9.17, 15) is 5.11 Å². The lowest BCUT2D eigenvalue weighted by Crippen LogP contribution is -2.45. The van der Waals surface area contributed by atoms with E-state index in [1.54, 1.807) is 6.20 Å². The van der Waals surface area contributed by atoms with E-state index in [-0.39, 0.29) is 17.5 Å². The van der Waals surface area contributed by atoms with Crippen molar-refractivity contribution in [3.8, 4) is 0 Å². The van der Waals surface area contributed by atoms with Gasteiger partial charge in [-0.1, -0.05) is 39.5 Å². The summed E-state index contributed by atoms with van der Waals surface area (Å²) in [5, 5.41) is 14.3. The Balaban J connectivity index is 3.22. The Morgan fingerprint density at radius 2 is 2.00 bits per heavy atom. The maximum Gasteiger partial charge on any atom is 0.192 e. The van der Waals surface area contributed by atoms with Crippen molar-refractivity contribution >= 4 is 25.9 Å². The van der Waals surface area contributed by atoms with Crippen LogP contribution in [0.25, 0.3) is 10.4 Å². The Hall–Kier alpha value is -1.12. The van der Waals surface area contributed by atoms with Crippen LogP contribution in [-0.2, 0) is 9.84 Å². The van der Waals surface area contributed by atoms with Crippen LogP contribution in [0.15, 0.2) is 16.5 Å². The molecule has 1 unspecified atom stereocenters. The molecule has 1 atom stereocenters. The topological polar surface area (TPSA) is 104 Å². The van der Waals surface area contributed by atoms with Crippen molar-refractivity contribution in [1.82, 2.24) is 9.97 Å². The second-order valence-electron chi connectivity index (χ2n) is 7.55. The van der Waals surface area contributed by atoms with Gasteiger partial charge in [-0.25, -0.2) is 9.97 Å². The molecule has 0 radical (unpaired) electrons. The fourth-order valence-electron chi connectivity index (χ4n) is 1.76. The van der Waals surface area contributed by atoms with E-state index in [4.69, 9.17) is 9.96 Å². The molecule has 1 aromatic heterocycles. The van der Waals surface area contributed by atoms with Gasteiger partial charge in [-0.3, -0.25) is 0 Å². The van der Waals surface area contributed by atoms with E-state index in [1.165, 1.54) is 11.8 Å². The third-order valence-electron chi connectivity index (χ3n) is 4.63. The molecule has 1 rings (SSSR count). The predicted octanol–water partition coefficient (Wildman–Crippen LogP) is 4.41. The van der Waals surface area contributed by atoms with Gasteiger partial charge in [-0.05, 0) is 35.0 Å². The summed E-state index contributed by atoms with van der Waals surface area (Å²) in [6, 6.07) is 0. The van der Waals surface area contributed by atoms with Gasteiger partial charge < -0.3 is 9.53 Å². The first kappa shape index (κ1) is 20.9. The summed E-state index contributed by atoms with van der Waals surface area (Å²) in [5.74, 6) is 0.243. The van der Waals surface area contributed by atoms with Crippen LogP contribution in [0.5, 0.6) is 0 Å². The molecule has 0 aliphatic heterocycles. The van der Waals surface area contributed by atoms with Crippen LogP contribution in [0, 0.1) is 0 Å². The fraction of sp³-hybridized carbons (Fsp3) is 0.733. The number of aromatic nitrogens is 2. The molecule has 7 nitrogen and oxygen atoms in total. The van der Waals surface area contributed by atoms with Gasteiger partial charge in [0.2, 0.25) is 0 Å². The van der Waals surface area contributed by atoms with Gasteiger partial charge in [0.1, 0.15) is 5.82 Å². The van der Waals surface area contributed by atoms with E-state index in [0.717, 1.165) is 0 Å². The van der Waals surface area contributed by atoms with Crippen LogP contribution in [0.3, 0.4) is 0 Å². The number of aliphatic hydroxyl groups is 1. The molecule has 0 spiro atoms. The van der Waals surface area contributed by atoms with Crippen molar-refractivity contribution in [3.63, 3.8) is 0 Å². The van der Waals surface area contributed by atoms with Crippen LogP contribution in [-0.4, -0.2) is 42.9 Å². The van der Waals surface area contributed by atoms with E-state index in [2.05, 4.69) is 53.9 Å². The summed E-state index contributed by atoms with van der Waals surface area (Å²) in [6.45, 7) is 12.8. The molecule has 0 saturated heterocycles. The summed E-state index contributed by atoms with van der Waals surface area (Å²) >= 11 is 1.36. The quantitative estimate of drug-likeness (QED) is 0.191. The number of hydrogen-bond acceptors (Lipinski definition) is 6. The standard InChI is InChI=1S/C15H27N5O2SSi/c1-14(2,3)24(6,7)22-10-15(4,9-21)11-8-17-13(23-5)18-12(11)19-20-16/h8,21H,9-10H2,1-7H3. The molecule has 0 fully saturated rings. The highest BCUT2D eigenvalue weighted by atomic mass is 32.2. The van der Waals surface area contributed by atoms with Gasteiger partial charge in [0.05, 0.1) is 6.61 Å². The maximum absolute atomic E-state index is 10.00. The van der Waals surface area contributed by atoms with E-state index >= 15 is 0 Å². The molecular weight excluding hydrogens is 342 g/mol. The molecule has 0 amide bonds.